The van der Waals surface area contributed by atoms with Gasteiger partial charge in [-0.3, -0.25) is 0 Å². The quantitative estimate of drug-likeness (QED) is 0.844. The highest BCUT2D eigenvalue weighted by molar-refractivity contribution is 5.30. The summed E-state index contributed by atoms with van der Waals surface area (Å²) in [5.41, 5.74) is 2.19. The molecule has 0 aliphatic carbocycles. The number of nitrogens with one attached hydrogen (secondary N) is 1. The van der Waals surface area contributed by atoms with Crippen molar-refractivity contribution in [2.75, 3.05) is 39.8 Å². The lowest BCUT2D eigenvalue weighted by molar-refractivity contribution is 0.149. The monoisotopic (exact) mass is 327 g/mol. The van der Waals surface area contributed by atoms with Crippen molar-refractivity contribution >= 4 is 0 Å². The smallest absolute Gasteiger partial charge is 0.0766 e. The van der Waals surface area contributed by atoms with E-state index in [1.165, 1.54) is 39.1 Å². The van der Waals surface area contributed by atoms with E-state index >= 15 is 0 Å². The van der Waals surface area contributed by atoms with E-state index in [4.69, 9.17) is 0 Å². The van der Waals surface area contributed by atoms with E-state index in [-0.39, 0.29) is 0 Å². The van der Waals surface area contributed by atoms with Crippen molar-refractivity contribution in [1.82, 2.24) is 24.9 Å². The van der Waals surface area contributed by atoms with E-state index in [0.717, 1.165) is 17.9 Å². The van der Waals surface area contributed by atoms with Crippen LogP contribution in [0.5, 0.6) is 0 Å². The maximum absolute atomic E-state index is 4.65. The van der Waals surface area contributed by atoms with Gasteiger partial charge in [-0.1, -0.05) is 18.2 Å². The van der Waals surface area contributed by atoms with Gasteiger partial charge in [0.05, 0.1) is 11.4 Å². The van der Waals surface area contributed by atoms with Crippen LogP contribution in [0.3, 0.4) is 0 Å². The molecule has 1 saturated heterocycles. The van der Waals surface area contributed by atoms with Gasteiger partial charge < -0.3 is 15.1 Å². The Bertz CT molecular complexity index is 601. The topological polar surface area (TPSA) is 36.3 Å². The van der Waals surface area contributed by atoms with Crippen LogP contribution in [0, 0.1) is 0 Å². The van der Waals surface area contributed by atoms with Crippen LogP contribution >= 0.6 is 0 Å². The Balaban J connectivity index is 1.40. The summed E-state index contributed by atoms with van der Waals surface area (Å²) in [6.45, 7) is 9.06. The molecular weight excluding hydrogens is 298 g/mol. The van der Waals surface area contributed by atoms with Crippen LogP contribution in [0.15, 0.2) is 42.6 Å². The number of para-hydroxylation sites is 1. The Morgan fingerprint density at radius 3 is 2.58 bits per heavy atom. The minimum Gasteiger partial charge on any atom is -0.309 e. The van der Waals surface area contributed by atoms with E-state index in [1.807, 2.05) is 29.1 Å². The molecule has 5 heteroatoms. The lowest BCUT2D eigenvalue weighted by atomic mass is 10.2. The van der Waals surface area contributed by atoms with Gasteiger partial charge in [0, 0.05) is 45.0 Å². The molecule has 0 radical (unpaired) electrons. The van der Waals surface area contributed by atoms with E-state index in [0.29, 0.717) is 6.04 Å². The van der Waals surface area contributed by atoms with Crippen molar-refractivity contribution in [2.45, 2.75) is 25.9 Å². The fourth-order valence-electron chi connectivity index (χ4n) is 3.01. The zero-order chi connectivity index (χ0) is 16.8. The average Bonchev–Trinajstić information content (AvgIpc) is 3.09. The summed E-state index contributed by atoms with van der Waals surface area (Å²) in [5.74, 6) is 0. The van der Waals surface area contributed by atoms with Gasteiger partial charge in [0.1, 0.15) is 0 Å². The summed E-state index contributed by atoms with van der Waals surface area (Å²) in [6, 6.07) is 12.8. The molecule has 5 nitrogen and oxygen atoms in total. The molecule has 1 aromatic carbocycles. The summed E-state index contributed by atoms with van der Waals surface area (Å²) >= 11 is 0. The van der Waals surface area contributed by atoms with Crippen LogP contribution in [-0.2, 0) is 6.54 Å². The molecule has 1 unspecified atom stereocenters. The van der Waals surface area contributed by atoms with Crippen molar-refractivity contribution in [2.24, 2.45) is 0 Å². The summed E-state index contributed by atoms with van der Waals surface area (Å²) in [5, 5.41) is 8.25. The first kappa shape index (κ1) is 17.1. The number of piperazine rings is 1. The van der Waals surface area contributed by atoms with Crippen molar-refractivity contribution < 1.29 is 0 Å². The molecule has 130 valence electrons. The van der Waals surface area contributed by atoms with Crippen molar-refractivity contribution in [1.29, 1.82) is 0 Å². The predicted octanol–water partition coefficient (Wildman–Crippen LogP) is 1.99. The molecule has 1 fully saturated rings. The second kappa shape index (κ2) is 8.42. The molecule has 0 amide bonds. The highest BCUT2D eigenvalue weighted by Crippen LogP contribution is 2.07. The zero-order valence-electron chi connectivity index (χ0n) is 14.9. The number of aromatic nitrogens is 2. The Morgan fingerprint density at radius 2 is 1.83 bits per heavy atom. The molecule has 0 spiro atoms. The van der Waals surface area contributed by atoms with E-state index in [1.54, 1.807) is 0 Å². The van der Waals surface area contributed by atoms with Gasteiger partial charge in [-0.15, -0.1) is 0 Å². The SMILES string of the molecule is CC(CCN1CCN(C)CC1)NCc1ccn(-c2ccccc2)n1. The summed E-state index contributed by atoms with van der Waals surface area (Å²) in [7, 11) is 2.20. The third-order valence-corrected chi connectivity index (χ3v) is 4.77. The minimum atomic E-state index is 0.506. The molecule has 1 atom stereocenters. The first-order chi connectivity index (χ1) is 11.7. The molecule has 2 heterocycles. The Kier molecular flexibility index (Phi) is 6.01. The van der Waals surface area contributed by atoms with Crippen molar-refractivity contribution in [3.05, 3.63) is 48.3 Å². The fourth-order valence-corrected chi connectivity index (χ4v) is 3.01. The molecular formula is C19H29N5. The Morgan fingerprint density at radius 1 is 1.08 bits per heavy atom. The highest BCUT2D eigenvalue weighted by atomic mass is 15.3. The fraction of sp³-hybridized carbons (Fsp3) is 0.526. The van der Waals surface area contributed by atoms with Gasteiger partial charge in [0.25, 0.3) is 0 Å². The van der Waals surface area contributed by atoms with E-state index in [9.17, 15) is 0 Å². The van der Waals surface area contributed by atoms with E-state index < -0.39 is 0 Å². The van der Waals surface area contributed by atoms with Gasteiger partial charge in [-0.2, -0.15) is 5.10 Å². The normalized spacial score (nSPS) is 17.9. The molecule has 1 aliphatic rings. The standard InChI is InChI=1S/C19H29N5/c1-17(8-10-23-14-12-22(2)13-15-23)20-16-18-9-11-24(21-18)19-6-4-3-5-7-19/h3-7,9,11,17,20H,8,10,12-16H2,1-2H3. The molecule has 1 aliphatic heterocycles. The minimum absolute atomic E-state index is 0.506. The number of benzene rings is 1. The number of likely N-dealkylation sites (N-methyl/N-ethyl adjacent to an activating group) is 1. The molecule has 3 rings (SSSR count). The second-order valence-corrected chi connectivity index (χ2v) is 6.80. The van der Waals surface area contributed by atoms with E-state index in [2.05, 4.69) is 52.4 Å². The van der Waals surface area contributed by atoms with Crippen LogP contribution in [-0.4, -0.2) is 65.4 Å². The second-order valence-electron chi connectivity index (χ2n) is 6.80. The van der Waals surface area contributed by atoms with Gasteiger partial charge in [0.15, 0.2) is 0 Å². The first-order valence-electron chi connectivity index (χ1n) is 8.95. The van der Waals surface area contributed by atoms with Crippen LogP contribution in [0.4, 0.5) is 0 Å². The van der Waals surface area contributed by atoms with Crippen LogP contribution in [0.25, 0.3) is 5.69 Å². The number of hydrogen-bond donors (Lipinski definition) is 1. The van der Waals surface area contributed by atoms with Gasteiger partial charge in [-0.05, 0) is 45.1 Å². The third kappa shape index (κ3) is 4.90. The lowest BCUT2D eigenvalue weighted by Crippen LogP contribution is -2.45. The number of nitrogens with zero attached hydrogens (tertiary/aromatic N) is 4. The summed E-state index contributed by atoms with van der Waals surface area (Å²) < 4.78 is 1.94. The van der Waals surface area contributed by atoms with Crippen molar-refractivity contribution in [3.8, 4) is 5.69 Å². The van der Waals surface area contributed by atoms with Gasteiger partial charge >= 0.3 is 0 Å². The van der Waals surface area contributed by atoms with Gasteiger partial charge in [0.2, 0.25) is 0 Å². The zero-order valence-corrected chi connectivity index (χ0v) is 14.9. The average molecular weight is 327 g/mol. The maximum atomic E-state index is 4.65. The number of rotatable bonds is 7. The molecule has 0 bridgehead atoms. The lowest BCUT2D eigenvalue weighted by Gasteiger charge is -2.32. The Labute approximate surface area is 145 Å². The van der Waals surface area contributed by atoms with Crippen LogP contribution in [0.2, 0.25) is 0 Å². The number of hydrogen-bond acceptors (Lipinski definition) is 4. The van der Waals surface area contributed by atoms with Crippen LogP contribution < -0.4 is 5.32 Å². The largest absolute Gasteiger partial charge is 0.309 e. The summed E-state index contributed by atoms with van der Waals surface area (Å²) in [4.78, 5) is 4.98. The first-order valence-corrected chi connectivity index (χ1v) is 8.95. The molecule has 24 heavy (non-hydrogen) atoms. The van der Waals surface area contributed by atoms with Crippen LogP contribution in [0.1, 0.15) is 19.0 Å². The molecule has 1 aromatic heterocycles. The molecule has 1 N–H and O–H groups in total. The third-order valence-electron chi connectivity index (χ3n) is 4.77. The summed E-state index contributed by atoms with van der Waals surface area (Å²) in [6.07, 6.45) is 3.21. The molecule has 2 aromatic rings. The van der Waals surface area contributed by atoms with Crippen molar-refractivity contribution in [3.63, 3.8) is 0 Å². The predicted molar refractivity (Wildman–Crippen MR) is 98.4 cm³/mol. The highest BCUT2D eigenvalue weighted by Gasteiger charge is 2.14. The van der Waals surface area contributed by atoms with Gasteiger partial charge in [-0.25, -0.2) is 4.68 Å². The Hall–Kier alpha value is -1.69. The maximum Gasteiger partial charge on any atom is 0.0766 e. The molecule has 0 saturated carbocycles.